The van der Waals surface area contributed by atoms with Gasteiger partial charge in [0.2, 0.25) is 0 Å². The molecule has 3 heterocycles. The lowest BCUT2D eigenvalue weighted by Crippen LogP contribution is -2.47. The fraction of sp³-hybridized carbons (Fsp3) is 0.368. The molecule has 7 nitrogen and oxygen atoms in total. The summed E-state index contributed by atoms with van der Waals surface area (Å²) in [6, 6.07) is 9.86. The maximum atomic E-state index is 9.69. The zero-order chi connectivity index (χ0) is 18.1. The van der Waals surface area contributed by atoms with Gasteiger partial charge in [-0.05, 0) is 32.0 Å². The average molecular weight is 350 g/mol. The summed E-state index contributed by atoms with van der Waals surface area (Å²) in [6.07, 6.45) is 1.04. The van der Waals surface area contributed by atoms with E-state index in [-0.39, 0.29) is 0 Å². The van der Waals surface area contributed by atoms with Crippen molar-refractivity contribution in [2.24, 2.45) is 0 Å². The summed E-state index contributed by atoms with van der Waals surface area (Å²) in [7, 11) is 0. The van der Waals surface area contributed by atoms with E-state index in [1.807, 2.05) is 37.3 Å². The molecular formula is C19H22N6O. The highest BCUT2D eigenvalue weighted by molar-refractivity contribution is 5.76. The molecule has 3 aromatic rings. The molecule has 1 aliphatic rings. The molecule has 0 radical (unpaired) electrons. The Kier molecular flexibility index (Phi) is 4.38. The topological polar surface area (TPSA) is 78.3 Å². The molecule has 7 heteroatoms. The number of benzene rings is 1. The Hall–Kier alpha value is -2.80. The third-order valence-electron chi connectivity index (χ3n) is 4.66. The molecule has 0 unspecified atom stereocenters. The lowest BCUT2D eigenvalue weighted by Gasteiger charge is -2.36. The van der Waals surface area contributed by atoms with Gasteiger partial charge in [-0.2, -0.15) is 0 Å². The Morgan fingerprint density at radius 3 is 2.27 bits per heavy atom. The van der Waals surface area contributed by atoms with Crippen LogP contribution in [0.3, 0.4) is 0 Å². The standard InChI is InChI=1S/C19H22N6O/c1-13-19(22-16-6-4-3-5-15(16)21-13)25-11-9-24(10-12-25)17-7-8-20-18(23-17)14(2)26/h3-8,14,26H,9-12H2,1-2H3/t14-/m1/s1. The highest BCUT2D eigenvalue weighted by Gasteiger charge is 2.22. The van der Waals surface area contributed by atoms with Crippen molar-refractivity contribution in [2.45, 2.75) is 20.0 Å². The number of fused-ring (bicyclic) bond motifs is 1. The lowest BCUT2D eigenvalue weighted by molar-refractivity contribution is 0.189. The minimum Gasteiger partial charge on any atom is -0.385 e. The molecule has 1 aromatic carbocycles. The molecule has 26 heavy (non-hydrogen) atoms. The smallest absolute Gasteiger partial charge is 0.158 e. The molecule has 1 N–H and O–H groups in total. The molecule has 1 atom stereocenters. The first-order valence-corrected chi connectivity index (χ1v) is 8.86. The second-order valence-electron chi connectivity index (χ2n) is 6.54. The summed E-state index contributed by atoms with van der Waals surface area (Å²) >= 11 is 0. The molecule has 2 aromatic heterocycles. The summed E-state index contributed by atoms with van der Waals surface area (Å²) in [5.74, 6) is 2.27. The zero-order valence-corrected chi connectivity index (χ0v) is 15.0. The zero-order valence-electron chi connectivity index (χ0n) is 15.0. The molecule has 1 aliphatic heterocycles. The summed E-state index contributed by atoms with van der Waals surface area (Å²) < 4.78 is 0. The number of nitrogens with zero attached hydrogens (tertiary/aromatic N) is 6. The number of hydrogen-bond acceptors (Lipinski definition) is 7. The second-order valence-corrected chi connectivity index (χ2v) is 6.54. The predicted octanol–water partition coefficient (Wildman–Crippen LogP) is 2.11. The van der Waals surface area contributed by atoms with Gasteiger partial charge >= 0.3 is 0 Å². The Labute approximate surface area is 152 Å². The van der Waals surface area contributed by atoms with Gasteiger partial charge in [-0.1, -0.05) is 12.1 Å². The van der Waals surface area contributed by atoms with Gasteiger partial charge in [0, 0.05) is 32.4 Å². The van der Waals surface area contributed by atoms with E-state index >= 15 is 0 Å². The van der Waals surface area contributed by atoms with Crippen LogP contribution in [-0.4, -0.2) is 51.2 Å². The molecule has 0 aliphatic carbocycles. The fourth-order valence-electron chi connectivity index (χ4n) is 3.27. The summed E-state index contributed by atoms with van der Waals surface area (Å²) in [5.41, 5.74) is 2.81. The van der Waals surface area contributed by atoms with Gasteiger partial charge in [0.15, 0.2) is 11.6 Å². The molecule has 0 spiro atoms. The van der Waals surface area contributed by atoms with Gasteiger partial charge in [-0.15, -0.1) is 0 Å². The van der Waals surface area contributed by atoms with Crippen LogP contribution in [0.1, 0.15) is 24.5 Å². The van der Waals surface area contributed by atoms with E-state index in [0.29, 0.717) is 5.82 Å². The summed E-state index contributed by atoms with van der Waals surface area (Å²) in [4.78, 5) is 22.6. The average Bonchev–Trinajstić information content (AvgIpc) is 2.68. The molecule has 0 bridgehead atoms. The van der Waals surface area contributed by atoms with Gasteiger partial charge in [0.1, 0.15) is 11.9 Å². The van der Waals surface area contributed by atoms with Crippen LogP contribution in [0.2, 0.25) is 0 Å². The van der Waals surface area contributed by atoms with Crippen molar-refractivity contribution in [3.05, 3.63) is 48.0 Å². The minimum absolute atomic E-state index is 0.459. The highest BCUT2D eigenvalue weighted by Crippen LogP contribution is 2.23. The Balaban J connectivity index is 1.52. The van der Waals surface area contributed by atoms with E-state index in [0.717, 1.165) is 54.5 Å². The van der Waals surface area contributed by atoms with Crippen molar-refractivity contribution in [1.29, 1.82) is 0 Å². The van der Waals surface area contributed by atoms with Crippen molar-refractivity contribution in [3.63, 3.8) is 0 Å². The number of para-hydroxylation sites is 2. The summed E-state index contributed by atoms with van der Waals surface area (Å²) in [6.45, 7) is 7.07. The maximum Gasteiger partial charge on any atom is 0.158 e. The molecule has 1 saturated heterocycles. The maximum absolute atomic E-state index is 9.69. The van der Waals surface area contributed by atoms with Gasteiger partial charge in [-0.3, -0.25) is 0 Å². The molecule has 134 valence electrons. The van der Waals surface area contributed by atoms with Crippen LogP contribution in [0.15, 0.2) is 36.5 Å². The number of aromatic nitrogens is 4. The first-order chi connectivity index (χ1) is 12.6. The molecule has 0 saturated carbocycles. The number of aliphatic hydroxyl groups is 1. The Bertz CT molecular complexity index is 921. The third kappa shape index (κ3) is 3.17. The first kappa shape index (κ1) is 16.7. The van der Waals surface area contributed by atoms with Crippen molar-refractivity contribution in [1.82, 2.24) is 19.9 Å². The number of hydrogen-bond donors (Lipinski definition) is 1. The number of anilines is 2. The van der Waals surface area contributed by atoms with E-state index in [9.17, 15) is 5.11 Å². The van der Waals surface area contributed by atoms with E-state index < -0.39 is 6.10 Å². The molecule has 4 rings (SSSR count). The normalized spacial score (nSPS) is 16.1. The lowest BCUT2D eigenvalue weighted by atomic mass is 10.2. The van der Waals surface area contributed by atoms with E-state index in [4.69, 9.17) is 9.97 Å². The van der Waals surface area contributed by atoms with Crippen LogP contribution in [0.5, 0.6) is 0 Å². The van der Waals surface area contributed by atoms with Crippen LogP contribution in [0.25, 0.3) is 11.0 Å². The SMILES string of the molecule is Cc1nc2ccccc2nc1N1CCN(c2ccnc([C@@H](C)O)n2)CC1. The quantitative estimate of drug-likeness (QED) is 0.775. The number of rotatable bonds is 3. The van der Waals surface area contributed by atoms with E-state index in [2.05, 4.69) is 19.8 Å². The van der Waals surface area contributed by atoms with E-state index in [1.165, 1.54) is 0 Å². The third-order valence-corrected chi connectivity index (χ3v) is 4.66. The van der Waals surface area contributed by atoms with Gasteiger partial charge in [0.05, 0.1) is 16.7 Å². The highest BCUT2D eigenvalue weighted by atomic mass is 16.3. The molecule has 0 amide bonds. The monoisotopic (exact) mass is 350 g/mol. The van der Waals surface area contributed by atoms with Gasteiger partial charge in [-0.25, -0.2) is 19.9 Å². The van der Waals surface area contributed by atoms with E-state index in [1.54, 1.807) is 13.1 Å². The first-order valence-electron chi connectivity index (χ1n) is 8.86. The van der Waals surface area contributed by atoms with Crippen molar-refractivity contribution in [2.75, 3.05) is 36.0 Å². The predicted molar refractivity (Wildman–Crippen MR) is 101 cm³/mol. The molecule has 1 fully saturated rings. The minimum atomic E-state index is -0.660. The Morgan fingerprint density at radius 2 is 1.58 bits per heavy atom. The van der Waals surface area contributed by atoms with Crippen LogP contribution in [-0.2, 0) is 0 Å². The molecular weight excluding hydrogens is 328 g/mol. The summed E-state index contributed by atoms with van der Waals surface area (Å²) in [5, 5.41) is 9.69. The van der Waals surface area contributed by atoms with Crippen molar-refractivity contribution >= 4 is 22.7 Å². The van der Waals surface area contributed by atoms with Crippen LogP contribution in [0.4, 0.5) is 11.6 Å². The van der Waals surface area contributed by atoms with Crippen molar-refractivity contribution < 1.29 is 5.11 Å². The van der Waals surface area contributed by atoms with Crippen LogP contribution >= 0.6 is 0 Å². The largest absolute Gasteiger partial charge is 0.385 e. The van der Waals surface area contributed by atoms with Crippen LogP contribution < -0.4 is 9.80 Å². The van der Waals surface area contributed by atoms with Gasteiger partial charge in [0.25, 0.3) is 0 Å². The van der Waals surface area contributed by atoms with Gasteiger partial charge < -0.3 is 14.9 Å². The van der Waals surface area contributed by atoms with Crippen molar-refractivity contribution in [3.8, 4) is 0 Å². The number of aliphatic hydroxyl groups excluding tert-OH is 1. The fourth-order valence-corrected chi connectivity index (χ4v) is 3.27. The number of aryl methyl sites for hydroxylation is 1. The Morgan fingerprint density at radius 1 is 0.923 bits per heavy atom. The number of piperazine rings is 1. The second kappa shape index (κ2) is 6.84. The van der Waals surface area contributed by atoms with Crippen LogP contribution in [0, 0.1) is 6.92 Å².